The van der Waals surface area contributed by atoms with E-state index >= 15 is 0 Å². The first kappa shape index (κ1) is 18.8. The van der Waals surface area contributed by atoms with Crippen LogP contribution in [0.2, 0.25) is 0 Å². The van der Waals surface area contributed by atoms with E-state index in [9.17, 15) is 4.39 Å². The summed E-state index contributed by atoms with van der Waals surface area (Å²) in [4.78, 5) is 8.40. The number of hydrogen-bond acceptors (Lipinski definition) is 4. The maximum Gasteiger partial charge on any atom is 0.164 e. The minimum Gasteiger partial charge on any atom is -0.383 e. The van der Waals surface area contributed by atoms with E-state index in [1.165, 1.54) is 18.5 Å². The first-order valence-corrected chi connectivity index (χ1v) is 8.49. The molecule has 0 fully saturated rings. The van der Waals surface area contributed by atoms with Crippen LogP contribution in [0.4, 0.5) is 10.2 Å². The van der Waals surface area contributed by atoms with Crippen LogP contribution in [0.15, 0.2) is 60.9 Å². The van der Waals surface area contributed by atoms with Crippen LogP contribution in [0.3, 0.4) is 0 Å². The van der Waals surface area contributed by atoms with Crippen molar-refractivity contribution in [3.8, 4) is 11.3 Å². The number of anilines is 1. The molecule has 27 heavy (non-hydrogen) atoms. The second kappa shape index (κ2) is 7.72. The number of benzene rings is 2. The number of hydrogen-bond donors (Lipinski definition) is 1. The lowest BCUT2D eigenvalue weighted by Gasteiger charge is -2.10. The Morgan fingerprint density at radius 1 is 1.04 bits per heavy atom. The molecular weight excluding hydrogens is 365 g/mol. The zero-order valence-electron chi connectivity index (χ0n) is 13.7. The van der Waals surface area contributed by atoms with Crippen molar-refractivity contribution in [2.45, 2.75) is 19.3 Å². The number of nitrogen functional groups attached to an aromatic ring is 1. The van der Waals surface area contributed by atoms with Gasteiger partial charge in [0.2, 0.25) is 0 Å². The summed E-state index contributed by atoms with van der Waals surface area (Å²) >= 11 is 6.57. The molecule has 2 heterocycles. The van der Waals surface area contributed by atoms with Crippen LogP contribution in [-0.2, 0) is 6.54 Å². The van der Waals surface area contributed by atoms with E-state index in [0.29, 0.717) is 29.1 Å². The van der Waals surface area contributed by atoms with Crippen molar-refractivity contribution in [1.82, 2.24) is 19.7 Å². The van der Waals surface area contributed by atoms with Gasteiger partial charge in [-0.25, -0.2) is 19.0 Å². The maximum atomic E-state index is 13.3. The number of halogens is 2. The predicted octanol–water partition coefficient (Wildman–Crippen LogP) is 4.83. The van der Waals surface area contributed by atoms with Gasteiger partial charge >= 0.3 is 0 Å². The topological polar surface area (TPSA) is 69.6 Å². The van der Waals surface area contributed by atoms with Crippen LogP contribution in [0.25, 0.3) is 22.3 Å². The molecule has 1 atom stereocenters. The lowest BCUT2D eigenvalue weighted by Crippen LogP contribution is -2.07. The molecule has 0 amide bonds. The predicted molar refractivity (Wildman–Crippen MR) is 107 cm³/mol. The molecule has 2 aromatic heterocycles. The quantitative estimate of drug-likeness (QED) is 0.512. The summed E-state index contributed by atoms with van der Waals surface area (Å²) < 4.78 is 15.0. The fourth-order valence-electron chi connectivity index (χ4n) is 2.89. The Bertz CT molecular complexity index is 1050. The smallest absolute Gasteiger partial charge is 0.164 e. The molecule has 0 aliphatic heterocycles. The molecule has 0 bridgehead atoms. The highest BCUT2D eigenvalue weighted by Crippen LogP contribution is 2.32. The lowest BCUT2D eigenvalue weighted by molar-refractivity contribution is 0.617. The lowest BCUT2D eigenvalue weighted by atomic mass is 10.1. The van der Waals surface area contributed by atoms with Gasteiger partial charge in [-0.1, -0.05) is 37.8 Å². The molecule has 0 saturated heterocycles. The number of nitrogens with zero attached hydrogens (tertiary/aromatic N) is 4. The monoisotopic (exact) mass is 383 g/mol. The summed E-state index contributed by atoms with van der Waals surface area (Å²) in [6.45, 7) is 0.416. The highest BCUT2D eigenvalue weighted by atomic mass is 35.5. The van der Waals surface area contributed by atoms with Crippen LogP contribution < -0.4 is 5.73 Å². The van der Waals surface area contributed by atoms with E-state index in [0.717, 1.165) is 11.1 Å². The molecule has 2 N–H and O–H groups in total. The van der Waals surface area contributed by atoms with E-state index in [1.807, 2.05) is 30.3 Å². The van der Waals surface area contributed by atoms with Crippen LogP contribution >= 0.6 is 11.6 Å². The third-order valence-electron chi connectivity index (χ3n) is 4.17. The third kappa shape index (κ3) is 3.61. The Kier molecular flexibility index (Phi) is 5.37. The second-order valence-corrected chi connectivity index (χ2v) is 6.40. The van der Waals surface area contributed by atoms with Gasteiger partial charge in [-0.3, -0.25) is 0 Å². The average molecular weight is 384 g/mol. The molecule has 0 aliphatic rings. The van der Waals surface area contributed by atoms with Crippen molar-refractivity contribution < 1.29 is 4.39 Å². The molecule has 0 radical (unpaired) electrons. The molecule has 4 aromatic rings. The molecule has 138 valence electrons. The second-order valence-electron chi connectivity index (χ2n) is 5.87. The first-order chi connectivity index (χ1) is 12.6. The Labute approximate surface area is 161 Å². The van der Waals surface area contributed by atoms with Crippen molar-refractivity contribution in [3.05, 3.63) is 72.3 Å². The van der Waals surface area contributed by atoms with Gasteiger partial charge in [0.1, 0.15) is 23.7 Å². The molecule has 4 rings (SSSR count). The average Bonchev–Trinajstić information content (AvgIpc) is 3.03. The highest BCUT2D eigenvalue weighted by Gasteiger charge is 2.19. The van der Waals surface area contributed by atoms with Gasteiger partial charge in [-0.2, -0.15) is 5.10 Å². The summed E-state index contributed by atoms with van der Waals surface area (Å²) in [6.07, 6.45) is 1.40. The summed E-state index contributed by atoms with van der Waals surface area (Å²) in [5.41, 5.74) is 9.00. The minimum absolute atomic E-state index is 0. The molecule has 7 heteroatoms. The third-order valence-corrected chi connectivity index (χ3v) is 4.56. The minimum atomic E-state index is -0.313. The number of aromatic nitrogens is 4. The van der Waals surface area contributed by atoms with Crippen molar-refractivity contribution >= 4 is 28.5 Å². The zero-order valence-corrected chi connectivity index (χ0v) is 14.4. The van der Waals surface area contributed by atoms with Crippen molar-refractivity contribution in [2.24, 2.45) is 0 Å². The molecule has 0 saturated carbocycles. The Morgan fingerprint density at radius 2 is 1.74 bits per heavy atom. The molecule has 1 unspecified atom stereocenters. The van der Waals surface area contributed by atoms with Crippen LogP contribution in [0.1, 0.15) is 18.4 Å². The molecular formula is C20H19ClFN5. The van der Waals surface area contributed by atoms with Gasteiger partial charge < -0.3 is 5.73 Å². The number of rotatable bonds is 4. The molecule has 2 aromatic carbocycles. The first-order valence-electron chi connectivity index (χ1n) is 8.05. The van der Waals surface area contributed by atoms with Crippen LogP contribution in [0, 0.1) is 5.82 Å². The Balaban J connectivity index is 0.00000210. The van der Waals surface area contributed by atoms with Crippen molar-refractivity contribution in [3.63, 3.8) is 0 Å². The van der Waals surface area contributed by atoms with Gasteiger partial charge in [-0.05, 0) is 29.8 Å². The molecule has 0 spiro atoms. The maximum absolute atomic E-state index is 13.3. The zero-order chi connectivity index (χ0) is 18.1. The van der Waals surface area contributed by atoms with Crippen LogP contribution in [-0.4, -0.2) is 19.7 Å². The number of nitrogens with two attached hydrogens (primary N) is 1. The van der Waals surface area contributed by atoms with Gasteiger partial charge in [-0.15, -0.1) is 11.6 Å². The normalized spacial score (nSPS) is 11.9. The largest absolute Gasteiger partial charge is 0.383 e. The fourth-order valence-corrected chi connectivity index (χ4v) is 3.16. The Hall–Kier alpha value is -2.99. The Morgan fingerprint density at radius 3 is 2.44 bits per heavy atom. The summed E-state index contributed by atoms with van der Waals surface area (Å²) in [6, 6.07) is 15.8. The van der Waals surface area contributed by atoms with Gasteiger partial charge in [0.05, 0.1) is 17.3 Å². The summed E-state index contributed by atoms with van der Waals surface area (Å²) in [5.74, 6) is 0.0121. The van der Waals surface area contributed by atoms with E-state index in [-0.39, 0.29) is 18.6 Å². The van der Waals surface area contributed by atoms with Crippen LogP contribution in [0.5, 0.6) is 0 Å². The SMILES string of the molecule is C.Nc1ncnc2c1c(-c1ccc(F)cc1)nn2CC(Cl)c1ccccc1. The van der Waals surface area contributed by atoms with Crippen molar-refractivity contribution in [1.29, 1.82) is 0 Å². The summed E-state index contributed by atoms with van der Waals surface area (Å²) in [5, 5.41) is 5.00. The van der Waals surface area contributed by atoms with E-state index in [1.54, 1.807) is 16.8 Å². The van der Waals surface area contributed by atoms with Gasteiger partial charge in [0, 0.05) is 5.56 Å². The van der Waals surface area contributed by atoms with E-state index < -0.39 is 0 Å². The standard InChI is InChI=1S/C19H15ClFN5.CH4/c20-15(12-4-2-1-3-5-12)10-26-19-16(18(22)23-11-24-19)17(25-26)13-6-8-14(21)9-7-13;/h1-9,11,15H,10H2,(H2,22,23,24);1H4. The molecule has 0 aliphatic carbocycles. The van der Waals surface area contributed by atoms with Gasteiger partial charge in [0.25, 0.3) is 0 Å². The number of alkyl halides is 1. The number of fused-ring (bicyclic) bond motifs is 1. The van der Waals surface area contributed by atoms with Crippen molar-refractivity contribution in [2.75, 3.05) is 5.73 Å². The highest BCUT2D eigenvalue weighted by molar-refractivity contribution is 6.20. The summed E-state index contributed by atoms with van der Waals surface area (Å²) in [7, 11) is 0. The van der Waals surface area contributed by atoms with E-state index in [2.05, 4.69) is 15.1 Å². The molecule has 5 nitrogen and oxygen atoms in total. The van der Waals surface area contributed by atoms with E-state index in [4.69, 9.17) is 17.3 Å². The van der Waals surface area contributed by atoms with Gasteiger partial charge in [0.15, 0.2) is 5.65 Å². The fraction of sp³-hybridized carbons (Fsp3) is 0.150.